The summed E-state index contributed by atoms with van der Waals surface area (Å²) in [5.41, 5.74) is 0.819. The number of hydrogen-bond acceptors (Lipinski definition) is 3. The summed E-state index contributed by atoms with van der Waals surface area (Å²) in [6.07, 6.45) is 0. The minimum atomic E-state index is -3.47. The van der Waals surface area contributed by atoms with Crippen molar-refractivity contribution in [1.29, 1.82) is 0 Å². The molecule has 0 aliphatic carbocycles. The van der Waals surface area contributed by atoms with Gasteiger partial charge in [0.15, 0.2) is 0 Å². The number of benzene rings is 1. The van der Waals surface area contributed by atoms with Gasteiger partial charge in [-0.1, -0.05) is 30.3 Å². The molecule has 0 amide bonds. The molecule has 1 rings (SSSR count). The first kappa shape index (κ1) is 15.1. The largest absolute Gasteiger partial charge is 0.279 e. The second-order valence-corrected chi connectivity index (χ2v) is 6.49. The van der Waals surface area contributed by atoms with Crippen LogP contribution < -0.4 is 0 Å². The van der Waals surface area contributed by atoms with Crippen molar-refractivity contribution in [3.05, 3.63) is 35.9 Å². The van der Waals surface area contributed by atoms with E-state index in [2.05, 4.69) is 0 Å². The topological polar surface area (TPSA) is 54.5 Å². The van der Waals surface area contributed by atoms with Crippen LogP contribution in [0.5, 0.6) is 0 Å². The number of hydrogen-bond donors (Lipinski definition) is 0. The molecule has 0 spiro atoms. The summed E-state index contributed by atoms with van der Waals surface area (Å²) in [5, 5.41) is -0.678. The Bertz CT molecular complexity index is 501. The predicted molar refractivity (Wildman–Crippen MR) is 71.8 cm³/mol. The fourth-order valence-electron chi connectivity index (χ4n) is 1.52. The first-order chi connectivity index (χ1) is 8.38. The summed E-state index contributed by atoms with van der Waals surface area (Å²) in [5.74, 6) is -0.0612. The average molecular weight is 290 g/mol. The molecule has 0 aliphatic heterocycles. The van der Waals surface area contributed by atoms with Crippen molar-refractivity contribution in [2.45, 2.75) is 26.4 Å². The highest BCUT2D eigenvalue weighted by atomic mass is 35.5. The second kappa shape index (κ2) is 6.31. The number of sulfonamides is 1. The third-order valence-corrected chi connectivity index (χ3v) is 4.87. The lowest BCUT2D eigenvalue weighted by Gasteiger charge is -2.25. The SMILES string of the molecule is CCS(=O)(=O)N(Cc1ccccc1)C(C)C(=O)Cl. The lowest BCUT2D eigenvalue weighted by atomic mass is 10.2. The van der Waals surface area contributed by atoms with E-state index < -0.39 is 21.3 Å². The molecule has 1 atom stereocenters. The molecule has 6 heteroatoms. The first-order valence-corrected chi connectivity index (χ1v) is 7.60. The molecule has 1 unspecified atom stereocenters. The number of halogens is 1. The van der Waals surface area contributed by atoms with Crippen LogP contribution >= 0.6 is 11.6 Å². The summed E-state index contributed by atoms with van der Waals surface area (Å²) >= 11 is 5.41. The minimum absolute atomic E-state index is 0.0612. The van der Waals surface area contributed by atoms with Crippen LogP contribution in [-0.2, 0) is 21.4 Å². The van der Waals surface area contributed by atoms with Gasteiger partial charge in [-0.05, 0) is 31.0 Å². The van der Waals surface area contributed by atoms with Gasteiger partial charge in [0, 0.05) is 6.54 Å². The highest BCUT2D eigenvalue weighted by Gasteiger charge is 2.29. The number of carbonyl (C=O) groups is 1. The standard InChI is InChI=1S/C12H16ClNO3S/c1-3-18(16,17)14(10(2)12(13)15)9-11-7-5-4-6-8-11/h4-8,10H,3,9H2,1-2H3. The molecule has 18 heavy (non-hydrogen) atoms. The zero-order valence-corrected chi connectivity index (χ0v) is 11.9. The van der Waals surface area contributed by atoms with Crippen molar-refractivity contribution in [2.75, 3.05) is 5.75 Å². The van der Waals surface area contributed by atoms with E-state index in [1.807, 2.05) is 30.3 Å². The van der Waals surface area contributed by atoms with Crippen molar-refractivity contribution in [3.63, 3.8) is 0 Å². The Hall–Kier alpha value is -0.910. The van der Waals surface area contributed by atoms with Crippen LogP contribution in [0.15, 0.2) is 30.3 Å². The van der Waals surface area contributed by atoms with Gasteiger partial charge in [0.1, 0.15) is 0 Å². The Kier molecular flexibility index (Phi) is 5.31. The third-order valence-electron chi connectivity index (χ3n) is 2.66. The Morgan fingerprint density at radius 2 is 1.89 bits per heavy atom. The van der Waals surface area contributed by atoms with Crippen LogP contribution in [0.2, 0.25) is 0 Å². The molecule has 1 aromatic carbocycles. The first-order valence-electron chi connectivity index (χ1n) is 5.61. The van der Waals surface area contributed by atoms with Crippen molar-refractivity contribution in [1.82, 2.24) is 4.31 Å². The van der Waals surface area contributed by atoms with Crippen LogP contribution in [0.1, 0.15) is 19.4 Å². The number of rotatable bonds is 6. The molecule has 0 N–H and O–H groups in total. The summed E-state index contributed by atoms with van der Waals surface area (Å²) in [6.45, 7) is 3.18. The molecule has 0 heterocycles. The van der Waals surface area contributed by atoms with Crippen LogP contribution in [0.3, 0.4) is 0 Å². The van der Waals surface area contributed by atoms with E-state index in [9.17, 15) is 13.2 Å². The molecule has 0 saturated heterocycles. The fraction of sp³-hybridized carbons (Fsp3) is 0.417. The van der Waals surface area contributed by atoms with E-state index in [-0.39, 0.29) is 12.3 Å². The smallest absolute Gasteiger partial charge is 0.239 e. The van der Waals surface area contributed by atoms with Gasteiger partial charge >= 0.3 is 0 Å². The quantitative estimate of drug-likeness (QED) is 0.753. The average Bonchev–Trinajstić information content (AvgIpc) is 2.36. The van der Waals surface area contributed by atoms with Crippen LogP contribution in [0.4, 0.5) is 0 Å². The molecule has 0 fully saturated rings. The summed E-state index contributed by atoms with van der Waals surface area (Å²) in [4.78, 5) is 11.2. The van der Waals surface area contributed by atoms with Gasteiger partial charge < -0.3 is 0 Å². The van der Waals surface area contributed by atoms with Gasteiger partial charge in [-0.25, -0.2) is 8.42 Å². The van der Waals surface area contributed by atoms with Gasteiger partial charge in [0.25, 0.3) is 0 Å². The maximum Gasteiger partial charge on any atom is 0.239 e. The highest BCUT2D eigenvalue weighted by Crippen LogP contribution is 2.15. The van der Waals surface area contributed by atoms with E-state index in [4.69, 9.17) is 11.6 Å². The number of carbonyl (C=O) groups excluding carboxylic acids is 1. The van der Waals surface area contributed by atoms with E-state index in [0.717, 1.165) is 9.87 Å². The number of nitrogens with zero attached hydrogens (tertiary/aromatic N) is 1. The van der Waals surface area contributed by atoms with E-state index in [1.165, 1.54) is 6.92 Å². The lowest BCUT2D eigenvalue weighted by Crippen LogP contribution is -2.42. The van der Waals surface area contributed by atoms with E-state index in [0.29, 0.717) is 0 Å². The molecule has 0 aliphatic rings. The second-order valence-electron chi connectivity index (χ2n) is 3.91. The Morgan fingerprint density at radius 1 is 1.33 bits per heavy atom. The Morgan fingerprint density at radius 3 is 2.33 bits per heavy atom. The predicted octanol–water partition coefficient (Wildman–Crippen LogP) is 1.99. The monoisotopic (exact) mass is 289 g/mol. The Labute approximate surface area is 113 Å². The van der Waals surface area contributed by atoms with Crippen LogP contribution in [0, 0.1) is 0 Å². The summed E-state index contributed by atoms with van der Waals surface area (Å²) in [7, 11) is -3.47. The summed E-state index contributed by atoms with van der Waals surface area (Å²) < 4.78 is 25.1. The normalized spacial score (nSPS) is 13.6. The van der Waals surface area contributed by atoms with Crippen molar-refractivity contribution < 1.29 is 13.2 Å². The van der Waals surface area contributed by atoms with E-state index in [1.54, 1.807) is 6.92 Å². The Balaban J connectivity index is 3.03. The maximum atomic E-state index is 12.0. The molecular formula is C12H16ClNO3S. The zero-order valence-electron chi connectivity index (χ0n) is 10.3. The van der Waals surface area contributed by atoms with Crippen molar-refractivity contribution in [3.8, 4) is 0 Å². The molecule has 100 valence electrons. The summed E-state index contributed by atoms with van der Waals surface area (Å²) in [6, 6.07) is 8.24. The van der Waals surface area contributed by atoms with E-state index >= 15 is 0 Å². The molecule has 0 radical (unpaired) electrons. The van der Waals surface area contributed by atoms with Crippen LogP contribution in [0.25, 0.3) is 0 Å². The molecular weight excluding hydrogens is 274 g/mol. The molecule has 4 nitrogen and oxygen atoms in total. The fourth-order valence-corrected chi connectivity index (χ4v) is 2.95. The zero-order chi connectivity index (χ0) is 13.8. The van der Waals surface area contributed by atoms with Gasteiger partial charge in [-0.15, -0.1) is 0 Å². The lowest BCUT2D eigenvalue weighted by molar-refractivity contribution is -0.114. The van der Waals surface area contributed by atoms with Gasteiger partial charge in [0.05, 0.1) is 11.8 Å². The van der Waals surface area contributed by atoms with Crippen LogP contribution in [-0.4, -0.2) is 29.8 Å². The molecule has 1 aromatic rings. The molecule has 0 bridgehead atoms. The van der Waals surface area contributed by atoms with Crippen molar-refractivity contribution in [2.24, 2.45) is 0 Å². The molecule has 0 aromatic heterocycles. The molecule has 0 saturated carbocycles. The van der Waals surface area contributed by atoms with Gasteiger partial charge in [0.2, 0.25) is 15.3 Å². The maximum absolute atomic E-state index is 12.0. The van der Waals surface area contributed by atoms with Crippen molar-refractivity contribution >= 4 is 26.9 Å². The van der Waals surface area contributed by atoms with Gasteiger partial charge in [-0.3, -0.25) is 4.79 Å². The highest BCUT2D eigenvalue weighted by molar-refractivity contribution is 7.89. The third kappa shape index (κ3) is 3.80. The minimum Gasteiger partial charge on any atom is -0.279 e. The van der Waals surface area contributed by atoms with Gasteiger partial charge in [-0.2, -0.15) is 4.31 Å².